The largest absolute Gasteiger partial charge is 0.477 e. The second-order valence-corrected chi connectivity index (χ2v) is 9.64. The first-order valence-corrected chi connectivity index (χ1v) is 12.2. The molecule has 0 unspecified atom stereocenters. The zero-order chi connectivity index (χ0) is 23.6. The number of nitrogens with two attached hydrogens (primary N) is 1. The lowest BCUT2D eigenvalue weighted by Crippen LogP contribution is -2.13. The third-order valence-electron chi connectivity index (χ3n) is 4.73. The highest BCUT2D eigenvalue weighted by Gasteiger charge is 2.19. The first-order chi connectivity index (χ1) is 15.8. The zero-order valence-corrected chi connectivity index (χ0v) is 19.8. The molecular weight excluding hydrogens is 487 g/mol. The Morgan fingerprint density at radius 3 is 2.61 bits per heavy atom. The van der Waals surface area contributed by atoms with Gasteiger partial charge in [0.1, 0.15) is 10.3 Å². The molecule has 2 heterocycles. The van der Waals surface area contributed by atoms with E-state index in [1.807, 2.05) is 6.92 Å². The van der Waals surface area contributed by atoms with Gasteiger partial charge in [0.15, 0.2) is 11.5 Å². The van der Waals surface area contributed by atoms with Gasteiger partial charge in [0.2, 0.25) is 5.88 Å². The Morgan fingerprint density at radius 2 is 1.88 bits per heavy atom. The molecule has 2 aromatic heterocycles. The predicted octanol–water partition coefficient (Wildman–Crippen LogP) is 4.16. The molecule has 172 valence electrons. The van der Waals surface area contributed by atoms with Crippen LogP contribution < -0.4 is 15.2 Å². The number of aryl methyl sites for hydroxylation is 1. The molecule has 0 aliphatic carbocycles. The number of sulfonamides is 1. The summed E-state index contributed by atoms with van der Waals surface area (Å²) in [7, 11) is -3.93. The number of aromatic amines is 1. The van der Waals surface area contributed by atoms with Gasteiger partial charge in [-0.15, -0.1) is 0 Å². The number of hydrogen-bond donors (Lipinski definition) is 3. The van der Waals surface area contributed by atoms with E-state index in [2.05, 4.69) is 24.9 Å². The fourth-order valence-corrected chi connectivity index (χ4v) is 4.92. The van der Waals surface area contributed by atoms with E-state index in [9.17, 15) is 8.42 Å². The van der Waals surface area contributed by atoms with E-state index < -0.39 is 10.0 Å². The predicted molar refractivity (Wildman–Crippen MR) is 128 cm³/mol. The molecule has 0 fully saturated rings. The number of H-pyrrole nitrogens is 1. The van der Waals surface area contributed by atoms with E-state index in [-0.39, 0.29) is 14.9 Å². The minimum atomic E-state index is -3.93. The molecule has 0 amide bonds. The van der Waals surface area contributed by atoms with E-state index in [1.165, 1.54) is 18.2 Å². The van der Waals surface area contributed by atoms with Crippen molar-refractivity contribution in [2.75, 3.05) is 17.9 Å². The van der Waals surface area contributed by atoms with Crippen LogP contribution in [-0.4, -0.2) is 41.7 Å². The fourth-order valence-electron chi connectivity index (χ4n) is 3.10. The van der Waals surface area contributed by atoms with Crippen LogP contribution in [0.25, 0.3) is 22.4 Å². The SMILES string of the molecule is Cc1[nH]nc2nc(-c3ccc(NS(=O)(=O)c4cc(Cl)ccc4Cl)cc3)nc(OCCCN)c12. The Hall–Kier alpha value is -2.92. The van der Waals surface area contributed by atoms with Gasteiger partial charge in [-0.05, 0) is 62.4 Å². The van der Waals surface area contributed by atoms with Crippen LogP contribution in [-0.2, 0) is 10.0 Å². The maximum atomic E-state index is 12.7. The Labute approximate surface area is 200 Å². The van der Waals surface area contributed by atoms with Crippen molar-refractivity contribution in [3.05, 3.63) is 58.2 Å². The van der Waals surface area contributed by atoms with E-state index in [0.29, 0.717) is 53.6 Å². The van der Waals surface area contributed by atoms with Gasteiger partial charge in [-0.25, -0.2) is 13.4 Å². The van der Waals surface area contributed by atoms with Crippen LogP contribution in [0.15, 0.2) is 47.4 Å². The molecule has 9 nitrogen and oxygen atoms in total. The number of rotatable bonds is 8. The lowest BCUT2D eigenvalue weighted by molar-refractivity contribution is 0.305. The summed E-state index contributed by atoms with van der Waals surface area (Å²) in [6.07, 6.45) is 0.684. The van der Waals surface area contributed by atoms with Gasteiger partial charge in [0.05, 0.1) is 11.6 Å². The van der Waals surface area contributed by atoms with Gasteiger partial charge >= 0.3 is 0 Å². The van der Waals surface area contributed by atoms with Gasteiger partial charge in [0, 0.05) is 22.0 Å². The lowest BCUT2D eigenvalue weighted by Gasteiger charge is -2.11. The van der Waals surface area contributed by atoms with Crippen LogP contribution in [0.5, 0.6) is 5.88 Å². The Bertz CT molecular complexity index is 1410. The molecule has 0 saturated heterocycles. The van der Waals surface area contributed by atoms with Crippen molar-refractivity contribution in [3.63, 3.8) is 0 Å². The van der Waals surface area contributed by atoms with Gasteiger partial charge in [-0.1, -0.05) is 23.2 Å². The fraction of sp³-hybridized carbons (Fsp3) is 0.190. The third kappa shape index (κ3) is 5.03. The number of nitrogens with zero attached hydrogens (tertiary/aromatic N) is 3. The summed E-state index contributed by atoms with van der Waals surface area (Å²) in [5, 5.41) is 8.15. The molecule has 0 radical (unpaired) electrons. The molecular formula is C21H20Cl2N6O3S. The molecule has 0 atom stereocenters. The number of nitrogens with one attached hydrogen (secondary N) is 2. The molecule has 4 N–H and O–H groups in total. The summed E-state index contributed by atoms with van der Waals surface area (Å²) in [6, 6.07) is 10.8. The van der Waals surface area contributed by atoms with Gasteiger partial charge in [-0.3, -0.25) is 9.82 Å². The van der Waals surface area contributed by atoms with Crippen LogP contribution in [0.2, 0.25) is 10.0 Å². The van der Waals surface area contributed by atoms with Crippen molar-refractivity contribution in [1.82, 2.24) is 20.2 Å². The number of hydrogen-bond acceptors (Lipinski definition) is 7. The molecule has 12 heteroatoms. The topological polar surface area (TPSA) is 136 Å². The first-order valence-electron chi connectivity index (χ1n) is 9.92. The average Bonchev–Trinajstić information content (AvgIpc) is 3.16. The molecule has 0 bridgehead atoms. The van der Waals surface area contributed by atoms with Crippen molar-refractivity contribution in [3.8, 4) is 17.3 Å². The van der Waals surface area contributed by atoms with Gasteiger partial charge in [-0.2, -0.15) is 10.1 Å². The summed E-state index contributed by atoms with van der Waals surface area (Å²) < 4.78 is 33.8. The molecule has 2 aromatic carbocycles. The van der Waals surface area contributed by atoms with Crippen molar-refractivity contribution in [1.29, 1.82) is 0 Å². The minimum Gasteiger partial charge on any atom is -0.477 e. The van der Waals surface area contributed by atoms with Crippen molar-refractivity contribution < 1.29 is 13.2 Å². The Morgan fingerprint density at radius 1 is 1.12 bits per heavy atom. The number of anilines is 1. The molecule has 4 aromatic rings. The summed E-state index contributed by atoms with van der Waals surface area (Å²) in [4.78, 5) is 8.94. The highest BCUT2D eigenvalue weighted by atomic mass is 35.5. The molecule has 33 heavy (non-hydrogen) atoms. The molecule has 0 aliphatic heterocycles. The second kappa shape index (κ2) is 9.52. The average molecular weight is 507 g/mol. The first kappa shape index (κ1) is 23.2. The van der Waals surface area contributed by atoms with Gasteiger partial charge < -0.3 is 10.5 Å². The quantitative estimate of drug-likeness (QED) is 0.305. The number of benzene rings is 2. The monoisotopic (exact) mass is 506 g/mol. The summed E-state index contributed by atoms with van der Waals surface area (Å²) in [5.41, 5.74) is 7.82. The number of aromatic nitrogens is 4. The maximum Gasteiger partial charge on any atom is 0.263 e. The van der Waals surface area contributed by atoms with Crippen LogP contribution in [0.3, 0.4) is 0 Å². The number of ether oxygens (including phenoxy) is 1. The molecule has 4 rings (SSSR count). The van der Waals surface area contributed by atoms with Gasteiger partial charge in [0.25, 0.3) is 10.0 Å². The normalized spacial score (nSPS) is 11.6. The second-order valence-electron chi connectivity index (χ2n) is 7.15. The van der Waals surface area contributed by atoms with Crippen LogP contribution >= 0.6 is 23.2 Å². The lowest BCUT2D eigenvalue weighted by atomic mass is 10.2. The van der Waals surface area contributed by atoms with Crippen LogP contribution in [0.4, 0.5) is 5.69 Å². The molecule has 0 saturated carbocycles. The Balaban J connectivity index is 1.62. The summed E-state index contributed by atoms with van der Waals surface area (Å²) in [5.74, 6) is 0.805. The minimum absolute atomic E-state index is 0.0710. The summed E-state index contributed by atoms with van der Waals surface area (Å²) in [6.45, 7) is 2.78. The highest BCUT2D eigenvalue weighted by molar-refractivity contribution is 7.92. The maximum absolute atomic E-state index is 12.7. The standard InChI is InChI=1S/C21H20Cl2N6O3S/c1-12-18-20(28-27-12)25-19(26-21(18)32-10-2-9-24)13-3-6-15(7-4-13)29-33(30,31)17-11-14(22)5-8-16(17)23/h3-8,11,29H,2,9-10,24H2,1H3,(H,25,26,27,28). The van der Waals surface area contributed by atoms with Crippen molar-refractivity contribution in [2.24, 2.45) is 5.73 Å². The van der Waals surface area contributed by atoms with Crippen molar-refractivity contribution >= 4 is 49.9 Å². The smallest absolute Gasteiger partial charge is 0.263 e. The third-order valence-corrected chi connectivity index (χ3v) is 6.82. The van der Waals surface area contributed by atoms with E-state index in [4.69, 9.17) is 33.7 Å². The highest BCUT2D eigenvalue weighted by Crippen LogP contribution is 2.30. The number of halogens is 2. The van der Waals surface area contributed by atoms with Crippen molar-refractivity contribution in [2.45, 2.75) is 18.2 Å². The van der Waals surface area contributed by atoms with E-state index >= 15 is 0 Å². The Kier molecular flexibility index (Phi) is 6.71. The summed E-state index contributed by atoms with van der Waals surface area (Å²) >= 11 is 12.0. The van der Waals surface area contributed by atoms with Crippen LogP contribution in [0, 0.1) is 6.92 Å². The molecule has 0 aliphatic rings. The zero-order valence-electron chi connectivity index (χ0n) is 17.5. The van der Waals surface area contributed by atoms with Crippen LogP contribution in [0.1, 0.15) is 12.1 Å². The number of fused-ring (bicyclic) bond motifs is 1. The van der Waals surface area contributed by atoms with E-state index in [0.717, 1.165) is 5.69 Å². The van der Waals surface area contributed by atoms with E-state index in [1.54, 1.807) is 24.3 Å². The molecule has 0 spiro atoms.